The first-order valence-electron chi connectivity index (χ1n) is 20.0. The number of hydrogen-bond donors (Lipinski definition) is 3. The van der Waals surface area contributed by atoms with Gasteiger partial charge in [-0.05, 0) is 91.5 Å². The minimum atomic E-state index is -0.604. The Morgan fingerprint density at radius 2 is 1.78 bits per heavy atom. The van der Waals surface area contributed by atoms with Gasteiger partial charge < -0.3 is 29.7 Å². The van der Waals surface area contributed by atoms with Gasteiger partial charge in [0, 0.05) is 81.4 Å². The van der Waals surface area contributed by atoms with Gasteiger partial charge in [-0.2, -0.15) is 0 Å². The third-order valence-electron chi connectivity index (χ3n) is 11.1. The Labute approximate surface area is 342 Å². The summed E-state index contributed by atoms with van der Waals surface area (Å²) in [6, 6.07) is 22.3. The number of imide groups is 1. The Kier molecular flexibility index (Phi) is 11.8. The van der Waals surface area contributed by atoms with Gasteiger partial charge in [0.2, 0.25) is 11.8 Å². The fourth-order valence-electron chi connectivity index (χ4n) is 7.72. The molecule has 2 saturated heterocycles. The second-order valence-corrected chi connectivity index (χ2v) is 15.0. The Hall–Kier alpha value is -6.68. The van der Waals surface area contributed by atoms with Crippen LogP contribution in [-0.2, 0) is 36.3 Å². The number of benzene rings is 3. The molecule has 2 fully saturated rings. The minimum Gasteiger partial charge on any atom is -0.494 e. The van der Waals surface area contributed by atoms with Crippen molar-refractivity contribution in [3.63, 3.8) is 0 Å². The van der Waals surface area contributed by atoms with Crippen molar-refractivity contribution in [3.8, 4) is 17.3 Å². The van der Waals surface area contributed by atoms with E-state index in [1.165, 1.54) is 6.33 Å². The summed E-state index contributed by atoms with van der Waals surface area (Å²) < 4.78 is 7.89. The molecule has 3 aliphatic heterocycles. The number of hydrogen-bond acceptors (Lipinski definition) is 12. The normalized spacial score (nSPS) is 16.8. The lowest BCUT2D eigenvalue weighted by atomic mass is 10.0. The van der Waals surface area contributed by atoms with Gasteiger partial charge in [0.25, 0.3) is 11.8 Å². The van der Waals surface area contributed by atoms with Crippen molar-refractivity contribution in [1.29, 1.82) is 0 Å². The molecule has 1 atom stereocenters. The zero-order valence-corrected chi connectivity index (χ0v) is 33.0. The summed E-state index contributed by atoms with van der Waals surface area (Å²) in [6.45, 7) is 6.54. The molecule has 304 valence electrons. The lowest BCUT2D eigenvalue weighted by molar-refractivity contribution is -0.136. The van der Waals surface area contributed by atoms with Crippen molar-refractivity contribution < 1.29 is 23.9 Å². The molecule has 3 N–H and O–H groups in total. The predicted octanol–water partition coefficient (Wildman–Crippen LogP) is 3.56. The Balaban J connectivity index is 0.713. The van der Waals surface area contributed by atoms with E-state index in [4.69, 9.17) is 4.74 Å². The Morgan fingerprint density at radius 3 is 2.58 bits per heavy atom. The zero-order chi connectivity index (χ0) is 40.7. The topological polar surface area (TPSA) is 180 Å². The van der Waals surface area contributed by atoms with Crippen LogP contribution in [0, 0.1) is 0 Å². The molecule has 0 bridgehead atoms. The average molecular weight is 798 g/mol. The molecule has 1 unspecified atom stereocenters. The van der Waals surface area contributed by atoms with Crippen LogP contribution in [-0.4, -0.2) is 104 Å². The van der Waals surface area contributed by atoms with Crippen LogP contribution in [0.25, 0.3) is 11.5 Å². The summed E-state index contributed by atoms with van der Waals surface area (Å²) in [4.78, 5) is 64.7. The number of carbonyl (C=O) groups is 4. The monoisotopic (exact) mass is 797 g/mol. The summed E-state index contributed by atoms with van der Waals surface area (Å²) in [5.41, 5.74) is 5.67. The van der Waals surface area contributed by atoms with Gasteiger partial charge in [-0.15, -0.1) is 10.2 Å². The first-order chi connectivity index (χ1) is 28.8. The summed E-state index contributed by atoms with van der Waals surface area (Å²) in [7, 11) is 1.89. The number of fused-ring (bicyclic) bond motifs is 1. The lowest BCUT2D eigenvalue weighted by Crippen LogP contribution is -2.52. The molecule has 2 aromatic heterocycles. The van der Waals surface area contributed by atoms with E-state index < -0.39 is 6.04 Å². The molecule has 5 heterocycles. The van der Waals surface area contributed by atoms with Crippen LogP contribution in [0.1, 0.15) is 63.4 Å². The number of unbranched alkanes of at least 4 members (excludes halogenated alkanes) is 1. The van der Waals surface area contributed by atoms with Crippen LogP contribution >= 0.6 is 0 Å². The standard InChI is InChI=1S/C43H47N11O5/c1-51-38(49-50-40(51)36-15-16-44-28-47-36)26-45-32-6-4-5-30(23-32)41(56)46-25-29-7-10-34(11-8-29)59-22-3-2-17-52-18-20-53(21-19-52)33-9-12-35-31(24-33)27-54(43(35)58)37-13-14-39(55)48-42(37)57/h4-12,15-16,23-24,28,37,45H,2-3,13-14,17-22,25-27H2,1H3,(H,46,56)(H,48,55,57). The molecule has 0 saturated carbocycles. The van der Waals surface area contributed by atoms with Gasteiger partial charge in [-0.25, -0.2) is 9.97 Å². The van der Waals surface area contributed by atoms with Crippen LogP contribution in [0.2, 0.25) is 0 Å². The lowest BCUT2D eigenvalue weighted by Gasteiger charge is -2.36. The Bertz CT molecular complexity index is 2310. The molecular weight excluding hydrogens is 751 g/mol. The van der Waals surface area contributed by atoms with Crippen LogP contribution < -0.4 is 25.6 Å². The first-order valence-corrected chi connectivity index (χ1v) is 20.0. The van der Waals surface area contributed by atoms with Crippen molar-refractivity contribution >= 4 is 35.0 Å². The van der Waals surface area contributed by atoms with Gasteiger partial charge >= 0.3 is 0 Å². The number of piperidine rings is 1. The van der Waals surface area contributed by atoms with Crippen molar-refractivity contribution in [1.82, 2.24) is 45.2 Å². The molecule has 0 spiro atoms. The molecular formula is C43H47N11O5. The highest BCUT2D eigenvalue weighted by Crippen LogP contribution is 2.31. The molecule has 8 rings (SSSR count). The molecule has 3 aromatic carbocycles. The number of piperazine rings is 1. The van der Waals surface area contributed by atoms with E-state index in [9.17, 15) is 19.2 Å². The molecule has 0 aliphatic carbocycles. The van der Waals surface area contributed by atoms with Crippen LogP contribution in [0.4, 0.5) is 11.4 Å². The van der Waals surface area contributed by atoms with E-state index >= 15 is 0 Å². The molecule has 3 aliphatic rings. The average Bonchev–Trinajstić information content (AvgIpc) is 3.80. The molecule has 5 aromatic rings. The highest BCUT2D eigenvalue weighted by atomic mass is 16.5. The quantitative estimate of drug-likeness (QED) is 0.104. The number of amides is 4. The van der Waals surface area contributed by atoms with Crippen molar-refractivity contribution in [3.05, 3.63) is 113 Å². The maximum atomic E-state index is 13.1. The van der Waals surface area contributed by atoms with E-state index in [2.05, 4.69) is 52.0 Å². The van der Waals surface area contributed by atoms with Gasteiger partial charge in [0.05, 0.1) is 13.2 Å². The third kappa shape index (κ3) is 9.23. The van der Waals surface area contributed by atoms with E-state index in [1.807, 2.05) is 66.2 Å². The second kappa shape index (κ2) is 17.9. The maximum absolute atomic E-state index is 13.1. The number of carbonyl (C=O) groups excluding carboxylic acids is 4. The van der Waals surface area contributed by atoms with Gasteiger partial charge in [0.1, 0.15) is 23.8 Å². The predicted molar refractivity (Wildman–Crippen MR) is 219 cm³/mol. The highest BCUT2D eigenvalue weighted by Gasteiger charge is 2.39. The summed E-state index contributed by atoms with van der Waals surface area (Å²) in [5, 5.41) is 17.2. The van der Waals surface area contributed by atoms with E-state index in [0.29, 0.717) is 55.3 Å². The summed E-state index contributed by atoms with van der Waals surface area (Å²) in [6.07, 6.45) is 5.72. The van der Waals surface area contributed by atoms with Crippen LogP contribution in [0.15, 0.2) is 85.3 Å². The fraction of sp³-hybridized carbons (Fsp3) is 0.349. The number of anilines is 2. The maximum Gasteiger partial charge on any atom is 0.255 e. The summed E-state index contributed by atoms with van der Waals surface area (Å²) >= 11 is 0. The highest BCUT2D eigenvalue weighted by molar-refractivity contribution is 6.05. The zero-order valence-electron chi connectivity index (χ0n) is 33.0. The smallest absolute Gasteiger partial charge is 0.255 e. The number of rotatable bonds is 15. The fourth-order valence-corrected chi connectivity index (χ4v) is 7.72. The van der Waals surface area contributed by atoms with E-state index in [1.54, 1.807) is 23.2 Å². The van der Waals surface area contributed by atoms with Gasteiger partial charge in [-0.1, -0.05) is 18.2 Å². The molecule has 0 radical (unpaired) electrons. The van der Waals surface area contributed by atoms with Gasteiger partial charge in [-0.3, -0.25) is 29.4 Å². The SMILES string of the molecule is Cn1c(CNc2cccc(C(=O)NCc3ccc(OCCCCN4CCN(c5ccc6c(c5)CN(C5CCC(=O)NC5=O)C6=O)CC4)cc3)c2)nnc1-c1ccncn1. The van der Waals surface area contributed by atoms with Crippen LogP contribution in [0.3, 0.4) is 0 Å². The summed E-state index contributed by atoms with van der Waals surface area (Å²) in [5.74, 6) is 1.19. The van der Waals surface area contributed by atoms with Crippen molar-refractivity contribution in [2.24, 2.45) is 7.05 Å². The first kappa shape index (κ1) is 39.2. The van der Waals surface area contributed by atoms with Crippen LogP contribution in [0.5, 0.6) is 5.75 Å². The van der Waals surface area contributed by atoms with Gasteiger partial charge in [0.15, 0.2) is 11.6 Å². The van der Waals surface area contributed by atoms with Crippen molar-refractivity contribution in [2.75, 3.05) is 49.5 Å². The van der Waals surface area contributed by atoms with E-state index in [-0.39, 0.29) is 30.0 Å². The number of aromatic nitrogens is 5. The largest absolute Gasteiger partial charge is 0.494 e. The minimum absolute atomic E-state index is 0.146. The number of nitrogens with zero attached hydrogens (tertiary/aromatic N) is 8. The number of nitrogens with one attached hydrogen (secondary N) is 3. The molecule has 16 heteroatoms. The molecule has 16 nitrogen and oxygen atoms in total. The number of ether oxygens (including phenoxy) is 1. The second-order valence-electron chi connectivity index (χ2n) is 15.0. The molecule has 59 heavy (non-hydrogen) atoms. The van der Waals surface area contributed by atoms with Crippen molar-refractivity contribution in [2.45, 2.75) is 51.4 Å². The molecule has 4 amide bonds. The Morgan fingerprint density at radius 1 is 0.932 bits per heavy atom. The van der Waals surface area contributed by atoms with E-state index in [0.717, 1.165) is 79.6 Å². The third-order valence-corrected chi connectivity index (χ3v) is 11.1.